The molecular weight excluding hydrogens is 234 g/mol. The van der Waals surface area contributed by atoms with Gasteiger partial charge in [0, 0.05) is 22.4 Å². The first-order valence-corrected chi connectivity index (χ1v) is 5.94. The Labute approximate surface area is 106 Å². The molecule has 2 rings (SSSR count). The minimum absolute atomic E-state index is 0.0535. The fraction of sp³-hybridized carbons (Fsp3) is 0.308. The number of hydrogen-bond acceptors (Lipinski definition) is 2. The van der Waals surface area contributed by atoms with Crippen LogP contribution in [0.25, 0.3) is 5.69 Å². The molecule has 17 heavy (non-hydrogen) atoms. The van der Waals surface area contributed by atoms with Crippen molar-refractivity contribution in [3.63, 3.8) is 0 Å². The summed E-state index contributed by atoms with van der Waals surface area (Å²) in [5.74, 6) is 0. The largest absolute Gasteiger partial charge is 0.324 e. The van der Waals surface area contributed by atoms with Crippen molar-refractivity contribution in [2.75, 3.05) is 0 Å². The second-order valence-corrected chi connectivity index (χ2v) is 4.69. The SMILES string of the molecule is Cc1ncn(-c2ccc(C(C)N)c(Cl)c2)c1C. The van der Waals surface area contributed by atoms with Gasteiger partial charge < -0.3 is 10.3 Å². The molecule has 2 aromatic rings. The Bertz CT molecular complexity index is 544. The van der Waals surface area contributed by atoms with Gasteiger partial charge in [-0.1, -0.05) is 17.7 Å². The number of halogens is 1. The van der Waals surface area contributed by atoms with Gasteiger partial charge in [0.25, 0.3) is 0 Å². The molecule has 1 atom stereocenters. The van der Waals surface area contributed by atoms with Crippen LogP contribution in [-0.2, 0) is 0 Å². The molecule has 0 fully saturated rings. The molecule has 0 aliphatic heterocycles. The van der Waals surface area contributed by atoms with Crippen LogP contribution >= 0.6 is 11.6 Å². The van der Waals surface area contributed by atoms with Gasteiger partial charge >= 0.3 is 0 Å². The minimum atomic E-state index is -0.0535. The number of rotatable bonds is 2. The molecule has 0 saturated heterocycles. The Hall–Kier alpha value is -1.32. The van der Waals surface area contributed by atoms with Crippen molar-refractivity contribution in [3.8, 4) is 5.69 Å². The molecule has 1 aromatic heterocycles. The van der Waals surface area contributed by atoms with Crippen LogP contribution in [-0.4, -0.2) is 9.55 Å². The summed E-state index contributed by atoms with van der Waals surface area (Å²) in [6.07, 6.45) is 1.81. The number of nitrogens with zero attached hydrogens (tertiary/aromatic N) is 2. The summed E-state index contributed by atoms with van der Waals surface area (Å²) in [5, 5.41) is 0.697. The molecule has 0 bridgehead atoms. The standard InChI is InChI=1S/C13H16ClN3/c1-8(15)12-5-4-11(6-13(12)14)17-7-16-9(2)10(17)3/h4-8H,15H2,1-3H3. The summed E-state index contributed by atoms with van der Waals surface area (Å²) in [6, 6.07) is 5.85. The van der Waals surface area contributed by atoms with E-state index in [9.17, 15) is 0 Å². The highest BCUT2D eigenvalue weighted by atomic mass is 35.5. The van der Waals surface area contributed by atoms with Crippen molar-refractivity contribution < 1.29 is 0 Å². The zero-order valence-corrected chi connectivity index (χ0v) is 11.0. The number of nitrogens with two attached hydrogens (primary N) is 1. The minimum Gasteiger partial charge on any atom is -0.324 e. The normalized spacial score (nSPS) is 12.8. The summed E-state index contributed by atoms with van der Waals surface area (Å²) >= 11 is 6.22. The van der Waals surface area contributed by atoms with Gasteiger partial charge in [-0.3, -0.25) is 0 Å². The van der Waals surface area contributed by atoms with E-state index in [0.717, 1.165) is 22.6 Å². The van der Waals surface area contributed by atoms with Gasteiger partial charge in [0.05, 0.1) is 12.0 Å². The Morgan fingerprint density at radius 3 is 2.53 bits per heavy atom. The lowest BCUT2D eigenvalue weighted by Crippen LogP contribution is -2.06. The van der Waals surface area contributed by atoms with Crippen LogP contribution in [0.3, 0.4) is 0 Å². The first-order chi connectivity index (χ1) is 8.00. The van der Waals surface area contributed by atoms with Gasteiger partial charge in [0.2, 0.25) is 0 Å². The fourth-order valence-corrected chi connectivity index (χ4v) is 2.14. The first-order valence-electron chi connectivity index (χ1n) is 5.56. The van der Waals surface area contributed by atoms with Crippen molar-refractivity contribution in [1.82, 2.24) is 9.55 Å². The number of aromatic nitrogens is 2. The summed E-state index contributed by atoms with van der Waals surface area (Å²) in [5.41, 5.74) is 9.95. The van der Waals surface area contributed by atoms with Crippen LogP contribution in [0.4, 0.5) is 0 Å². The number of benzene rings is 1. The number of aryl methyl sites for hydroxylation is 1. The van der Waals surface area contributed by atoms with E-state index < -0.39 is 0 Å². The van der Waals surface area contributed by atoms with Gasteiger partial charge in [0.15, 0.2) is 0 Å². The average molecular weight is 250 g/mol. The topological polar surface area (TPSA) is 43.8 Å². The van der Waals surface area contributed by atoms with E-state index in [-0.39, 0.29) is 6.04 Å². The Morgan fingerprint density at radius 1 is 1.35 bits per heavy atom. The van der Waals surface area contributed by atoms with Gasteiger partial charge in [-0.15, -0.1) is 0 Å². The third-order valence-corrected chi connectivity index (χ3v) is 3.33. The lowest BCUT2D eigenvalue weighted by Gasteiger charge is -2.11. The molecule has 0 aliphatic carbocycles. The predicted molar refractivity (Wildman–Crippen MR) is 70.7 cm³/mol. The van der Waals surface area contributed by atoms with E-state index in [2.05, 4.69) is 4.98 Å². The van der Waals surface area contributed by atoms with E-state index in [1.807, 2.05) is 49.9 Å². The molecule has 2 N–H and O–H groups in total. The van der Waals surface area contributed by atoms with E-state index in [1.54, 1.807) is 0 Å². The Kier molecular flexibility index (Phi) is 3.22. The maximum atomic E-state index is 6.22. The molecule has 3 nitrogen and oxygen atoms in total. The van der Waals surface area contributed by atoms with Crippen LogP contribution in [0, 0.1) is 13.8 Å². The molecule has 0 amide bonds. The van der Waals surface area contributed by atoms with Crippen LogP contribution in [0.1, 0.15) is 29.9 Å². The zero-order chi connectivity index (χ0) is 12.6. The molecule has 1 aromatic carbocycles. The molecule has 0 saturated carbocycles. The van der Waals surface area contributed by atoms with Crippen LogP contribution in [0.2, 0.25) is 5.02 Å². The summed E-state index contributed by atoms with van der Waals surface area (Å²) in [7, 11) is 0. The lowest BCUT2D eigenvalue weighted by atomic mass is 10.1. The summed E-state index contributed by atoms with van der Waals surface area (Å²) < 4.78 is 2.02. The highest BCUT2D eigenvalue weighted by molar-refractivity contribution is 6.31. The molecule has 1 heterocycles. The van der Waals surface area contributed by atoms with Crippen molar-refractivity contribution in [3.05, 3.63) is 46.5 Å². The van der Waals surface area contributed by atoms with Crippen LogP contribution in [0.5, 0.6) is 0 Å². The zero-order valence-electron chi connectivity index (χ0n) is 10.2. The van der Waals surface area contributed by atoms with Gasteiger partial charge in [-0.05, 0) is 38.5 Å². The molecule has 0 spiro atoms. The van der Waals surface area contributed by atoms with Crippen molar-refractivity contribution in [2.24, 2.45) is 5.73 Å². The van der Waals surface area contributed by atoms with E-state index >= 15 is 0 Å². The highest BCUT2D eigenvalue weighted by Crippen LogP contribution is 2.25. The first kappa shape index (κ1) is 12.1. The van der Waals surface area contributed by atoms with E-state index in [4.69, 9.17) is 17.3 Å². The molecule has 1 unspecified atom stereocenters. The Morgan fingerprint density at radius 2 is 2.06 bits per heavy atom. The number of imidazole rings is 1. The van der Waals surface area contributed by atoms with Gasteiger partial charge in [-0.25, -0.2) is 4.98 Å². The lowest BCUT2D eigenvalue weighted by molar-refractivity contribution is 0.817. The maximum Gasteiger partial charge on any atom is 0.0997 e. The van der Waals surface area contributed by atoms with Crippen molar-refractivity contribution in [1.29, 1.82) is 0 Å². The summed E-state index contributed by atoms with van der Waals surface area (Å²) in [4.78, 5) is 4.27. The van der Waals surface area contributed by atoms with Crippen LogP contribution < -0.4 is 5.73 Å². The van der Waals surface area contributed by atoms with Crippen molar-refractivity contribution in [2.45, 2.75) is 26.8 Å². The molecule has 90 valence electrons. The second-order valence-electron chi connectivity index (χ2n) is 4.28. The monoisotopic (exact) mass is 249 g/mol. The number of hydrogen-bond donors (Lipinski definition) is 1. The molecule has 0 radical (unpaired) electrons. The third kappa shape index (κ3) is 2.21. The highest BCUT2D eigenvalue weighted by Gasteiger charge is 2.09. The van der Waals surface area contributed by atoms with E-state index in [0.29, 0.717) is 5.02 Å². The fourth-order valence-electron chi connectivity index (χ4n) is 1.79. The van der Waals surface area contributed by atoms with Crippen molar-refractivity contribution >= 4 is 11.6 Å². The predicted octanol–water partition coefficient (Wildman–Crippen LogP) is 3.16. The Balaban J connectivity index is 2.48. The molecule has 4 heteroatoms. The smallest absolute Gasteiger partial charge is 0.0997 e. The van der Waals surface area contributed by atoms with Gasteiger partial charge in [-0.2, -0.15) is 0 Å². The average Bonchev–Trinajstić information content (AvgIpc) is 2.59. The quantitative estimate of drug-likeness (QED) is 0.889. The maximum absolute atomic E-state index is 6.22. The summed E-state index contributed by atoms with van der Waals surface area (Å²) in [6.45, 7) is 5.95. The third-order valence-electron chi connectivity index (χ3n) is 3.00. The van der Waals surface area contributed by atoms with Crippen LogP contribution in [0.15, 0.2) is 24.5 Å². The van der Waals surface area contributed by atoms with Gasteiger partial charge in [0.1, 0.15) is 0 Å². The molecular formula is C13H16ClN3. The molecule has 0 aliphatic rings. The van der Waals surface area contributed by atoms with E-state index in [1.165, 1.54) is 0 Å². The second kappa shape index (κ2) is 4.51.